The van der Waals surface area contributed by atoms with Gasteiger partial charge in [0.05, 0.1) is 11.6 Å². The van der Waals surface area contributed by atoms with Crippen LogP contribution in [0.4, 0.5) is 17.5 Å². The molecule has 3 N–H and O–H groups in total. The summed E-state index contributed by atoms with van der Waals surface area (Å²) < 4.78 is 0. The van der Waals surface area contributed by atoms with Crippen molar-refractivity contribution < 1.29 is 0 Å². The summed E-state index contributed by atoms with van der Waals surface area (Å²) in [6, 6.07) is 11.8. The van der Waals surface area contributed by atoms with Crippen LogP contribution in [0.3, 0.4) is 0 Å². The van der Waals surface area contributed by atoms with E-state index in [0.717, 1.165) is 59.9 Å². The Labute approximate surface area is 182 Å². The van der Waals surface area contributed by atoms with E-state index in [0.29, 0.717) is 24.5 Å². The third-order valence-electron chi connectivity index (χ3n) is 6.57. The number of pyridine rings is 2. The Morgan fingerprint density at radius 1 is 1.23 bits per heavy atom. The second kappa shape index (κ2) is 8.52. The van der Waals surface area contributed by atoms with Crippen LogP contribution in [0, 0.1) is 11.3 Å². The Hall–Kier alpha value is -3.18. The summed E-state index contributed by atoms with van der Waals surface area (Å²) in [5, 5.41) is 24.4. The molecular formula is C23H28N8. The van der Waals surface area contributed by atoms with E-state index >= 15 is 0 Å². The number of fused-ring (bicyclic) bond motifs is 3. The van der Waals surface area contributed by atoms with Gasteiger partial charge in [-0.05, 0) is 44.2 Å². The highest BCUT2D eigenvalue weighted by Crippen LogP contribution is 2.37. The number of nitriles is 1. The van der Waals surface area contributed by atoms with E-state index in [1.165, 1.54) is 12.8 Å². The van der Waals surface area contributed by atoms with Gasteiger partial charge in [-0.2, -0.15) is 10.4 Å². The van der Waals surface area contributed by atoms with Gasteiger partial charge < -0.3 is 10.6 Å². The maximum Gasteiger partial charge on any atom is 0.153 e. The minimum absolute atomic E-state index is 0.374. The monoisotopic (exact) mass is 416 g/mol. The molecule has 0 aromatic carbocycles. The second-order valence-corrected chi connectivity index (χ2v) is 8.53. The van der Waals surface area contributed by atoms with Crippen molar-refractivity contribution in [2.45, 2.75) is 63.6 Å². The number of anilines is 3. The topological polar surface area (TPSA) is 106 Å². The normalized spacial score (nSPS) is 23.0. The van der Waals surface area contributed by atoms with Crippen LogP contribution in [0.2, 0.25) is 0 Å². The fraction of sp³-hybridized carbons (Fsp3) is 0.478. The lowest BCUT2D eigenvalue weighted by molar-refractivity contribution is 0.136. The van der Waals surface area contributed by atoms with Gasteiger partial charge in [-0.25, -0.2) is 4.98 Å². The molecule has 8 heteroatoms. The van der Waals surface area contributed by atoms with Crippen LogP contribution in [0.1, 0.15) is 44.7 Å². The zero-order valence-corrected chi connectivity index (χ0v) is 17.8. The van der Waals surface area contributed by atoms with E-state index < -0.39 is 0 Å². The summed E-state index contributed by atoms with van der Waals surface area (Å²) in [6.45, 7) is 2.99. The molecule has 3 atom stereocenters. The van der Waals surface area contributed by atoms with Crippen molar-refractivity contribution in [2.24, 2.45) is 0 Å². The fourth-order valence-corrected chi connectivity index (χ4v) is 5.12. The summed E-state index contributed by atoms with van der Waals surface area (Å²) in [6.07, 6.45) is 7.96. The van der Waals surface area contributed by atoms with Gasteiger partial charge in [0.2, 0.25) is 0 Å². The number of hydrogen-bond donors (Lipinski definition) is 3. The van der Waals surface area contributed by atoms with E-state index in [1.54, 1.807) is 0 Å². The van der Waals surface area contributed by atoms with Crippen molar-refractivity contribution in [3.8, 4) is 6.07 Å². The Morgan fingerprint density at radius 3 is 2.81 bits per heavy atom. The highest BCUT2D eigenvalue weighted by molar-refractivity contribution is 5.91. The van der Waals surface area contributed by atoms with Crippen LogP contribution < -0.4 is 10.6 Å². The standard InChI is InChI=1S/C23H28N8/c1-2-15-13-22(30-29-15)27-21-14-20-19(5-3-9-25-20)23(28-21)26-16-11-17-6-7-18(12-16)31(17)10-4-8-24/h3,5,9,13-14,16-18H,2,4,6-7,10-12H2,1H3,(H3,26,27,28,29,30)/t16?,17-,18+. The Bertz CT molecular complexity index is 1090. The summed E-state index contributed by atoms with van der Waals surface area (Å²) >= 11 is 0. The molecule has 5 heterocycles. The summed E-state index contributed by atoms with van der Waals surface area (Å²) in [5.41, 5.74) is 1.99. The number of piperidine rings is 1. The molecule has 3 aromatic rings. The van der Waals surface area contributed by atoms with Gasteiger partial charge in [0.25, 0.3) is 0 Å². The Kier molecular flexibility index (Phi) is 5.43. The molecule has 2 bridgehead atoms. The highest BCUT2D eigenvalue weighted by Gasteiger charge is 2.40. The van der Waals surface area contributed by atoms with Gasteiger partial charge in [0.15, 0.2) is 5.82 Å². The third kappa shape index (κ3) is 4.06. The quantitative estimate of drug-likeness (QED) is 0.535. The SMILES string of the molecule is CCc1cc(Nc2cc3ncccc3c(NC3C[C@H]4CC[C@@H](C3)N4CCC#N)n2)n[nH]1. The molecule has 0 aliphatic carbocycles. The minimum atomic E-state index is 0.374. The number of aryl methyl sites for hydroxylation is 1. The van der Waals surface area contributed by atoms with Gasteiger partial charge in [0.1, 0.15) is 11.6 Å². The zero-order valence-electron chi connectivity index (χ0n) is 17.8. The van der Waals surface area contributed by atoms with Crippen molar-refractivity contribution in [3.05, 3.63) is 36.2 Å². The van der Waals surface area contributed by atoms with E-state index in [9.17, 15) is 0 Å². The lowest BCUT2D eigenvalue weighted by atomic mass is 9.97. The van der Waals surface area contributed by atoms with E-state index in [1.807, 2.05) is 24.4 Å². The molecule has 2 aliphatic heterocycles. The lowest BCUT2D eigenvalue weighted by Gasteiger charge is -2.39. The number of nitrogens with zero attached hydrogens (tertiary/aromatic N) is 5. The minimum Gasteiger partial charge on any atom is -0.367 e. The fourth-order valence-electron chi connectivity index (χ4n) is 5.12. The summed E-state index contributed by atoms with van der Waals surface area (Å²) in [4.78, 5) is 12.0. The predicted octanol–water partition coefficient (Wildman–Crippen LogP) is 3.98. The third-order valence-corrected chi connectivity index (χ3v) is 6.57. The maximum atomic E-state index is 8.97. The van der Waals surface area contributed by atoms with Gasteiger partial charge in [0, 0.05) is 60.5 Å². The van der Waals surface area contributed by atoms with E-state index in [2.05, 4.69) is 49.8 Å². The molecule has 31 heavy (non-hydrogen) atoms. The van der Waals surface area contributed by atoms with Crippen molar-refractivity contribution in [2.75, 3.05) is 17.2 Å². The molecule has 0 radical (unpaired) electrons. The van der Waals surface area contributed by atoms with Gasteiger partial charge in [-0.1, -0.05) is 6.92 Å². The first-order valence-electron chi connectivity index (χ1n) is 11.2. The molecule has 5 rings (SSSR count). The first kappa shape index (κ1) is 19.8. The highest BCUT2D eigenvalue weighted by atomic mass is 15.2. The van der Waals surface area contributed by atoms with Crippen LogP contribution in [0.25, 0.3) is 10.9 Å². The molecule has 0 saturated carbocycles. The van der Waals surface area contributed by atoms with E-state index in [-0.39, 0.29) is 0 Å². The molecule has 0 amide bonds. The van der Waals surface area contributed by atoms with Crippen molar-refractivity contribution in [1.82, 2.24) is 25.1 Å². The first-order chi connectivity index (χ1) is 15.2. The number of aromatic amines is 1. The van der Waals surface area contributed by atoms with Gasteiger partial charge in [-0.15, -0.1) is 0 Å². The number of nitrogens with one attached hydrogen (secondary N) is 3. The molecule has 8 nitrogen and oxygen atoms in total. The molecule has 3 aromatic heterocycles. The molecule has 1 unspecified atom stereocenters. The summed E-state index contributed by atoms with van der Waals surface area (Å²) in [7, 11) is 0. The Morgan fingerprint density at radius 2 is 2.06 bits per heavy atom. The molecule has 2 fully saturated rings. The molecule has 160 valence electrons. The average Bonchev–Trinajstić information content (AvgIpc) is 3.33. The molecule has 0 spiro atoms. The number of hydrogen-bond acceptors (Lipinski definition) is 7. The van der Waals surface area contributed by atoms with Crippen LogP contribution in [-0.2, 0) is 6.42 Å². The van der Waals surface area contributed by atoms with E-state index in [4.69, 9.17) is 10.2 Å². The number of H-pyrrole nitrogens is 1. The van der Waals surface area contributed by atoms with Crippen LogP contribution >= 0.6 is 0 Å². The van der Waals surface area contributed by atoms with Gasteiger partial charge in [-0.3, -0.25) is 15.0 Å². The smallest absolute Gasteiger partial charge is 0.153 e. The summed E-state index contributed by atoms with van der Waals surface area (Å²) in [5.74, 6) is 2.36. The van der Waals surface area contributed by atoms with Crippen molar-refractivity contribution >= 4 is 28.4 Å². The van der Waals surface area contributed by atoms with Crippen LogP contribution in [0.5, 0.6) is 0 Å². The molecule has 2 saturated heterocycles. The van der Waals surface area contributed by atoms with Crippen LogP contribution in [-0.4, -0.2) is 49.7 Å². The predicted molar refractivity (Wildman–Crippen MR) is 121 cm³/mol. The average molecular weight is 417 g/mol. The Balaban J connectivity index is 1.37. The first-order valence-corrected chi connectivity index (χ1v) is 11.2. The molecule has 2 aliphatic rings. The zero-order chi connectivity index (χ0) is 21.2. The second-order valence-electron chi connectivity index (χ2n) is 8.53. The van der Waals surface area contributed by atoms with Crippen LogP contribution in [0.15, 0.2) is 30.5 Å². The maximum absolute atomic E-state index is 8.97. The number of aromatic nitrogens is 4. The van der Waals surface area contributed by atoms with Crippen molar-refractivity contribution in [3.63, 3.8) is 0 Å². The van der Waals surface area contributed by atoms with Crippen molar-refractivity contribution in [1.29, 1.82) is 5.26 Å². The lowest BCUT2D eigenvalue weighted by Crippen LogP contribution is -2.47. The number of rotatable bonds is 7. The molecular weight excluding hydrogens is 388 g/mol. The largest absolute Gasteiger partial charge is 0.367 e. The van der Waals surface area contributed by atoms with Gasteiger partial charge >= 0.3 is 0 Å².